The Morgan fingerprint density at radius 1 is 1.44 bits per heavy atom. The van der Waals surface area contributed by atoms with Gasteiger partial charge in [-0.2, -0.15) is 0 Å². The zero-order valence-corrected chi connectivity index (χ0v) is 12.3. The van der Waals surface area contributed by atoms with Crippen LogP contribution in [0, 0.1) is 0 Å². The van der Waals surface area contributed by atoms with Crippen molar-refractivity contribution in [3.05, 3.63) is 28.4 Å². The highest BCUT2D eigenvalue weighted by Crippen LogP contribution is 2.40. The fourth-order valence-electron chi connectivity index (χ4n) is 2.92. The van der Waals surface area contributed by atoms with Crippen molar-refractivity contribution in [1.82, 2.24) is 9.88 Å². The summed E-state index contributed by atoms with van der Waals surface area (Å²) in [6.45, 7) is 1.11. The summed E-state index contributed by atoms with van der Waals surface area (Å²) in [5, 5.41) is 4.78. The number of methoxy groups -OCH3 is 1. The van der Waals surface area contributed by atoms with E-state index in [1.807, 2.05) is 12.1 Å². The van der Waals surface area contributed by atoms with Gasteiger partial charge in [-0.3, -0.25) is 0 Å². The van der Waals surface area contributed by atoms with E-state index < -0.39 is 0 Å². The molecule has 0 amide bonds. The van der Waals surface area contributed by atoms with Crippen LogP contribution in [0.2, 0.25) is 0 Å². The average molecular weight is 309 g/mol. The lowest BCUT2D eigenvalue weighted by molar-refractivity contribution is 0.417. The van der Waals surface area contributed by atoms with Crippen molar-refractivity contribution in [3.63, 3.8) is 0 Å². The van der Waals surface area contributed by atoms with E-state index in [9.17, 15) is 0 Å². The van der Waals surface area contributed by atoms with Gasteiger partial charge in [0, 0.05) is 28.6 Å². The van der Waals surface area contributed by atoms with Crippen LogP contribution in [0.4, 0.5) is 0 Å². The van der Waals surface area contributed by atoms with E-state index in [0.29, 0.717) is 6.04 Å². The van der Waals surface area contributed by atoms with Crippen LogP contribution in [0.5, 0.6) is 5.75 Å². The van der Waals surface area contributed by atoms with Crippen LogP contribution in [0.1, 0.15) is 24.6 Å². The summed E-state index contributed by atoms with van der Waals surface area (Å²) in [6, 6.07) is 6.64. The maximum Gasteiger partial charge on any atom is 0.143 e. The number of ether oxygens (including phenoxy) is 1. The molecule has 1 unspecified atom stereocenters. The highest BCUT2D eigenvalue weighted by molar-refractivity contribution is 9.10. The number of hydrogen-bond donors (Lipinski definition) is 1. The third kappa shape index (κ3) is 1.67. The third-order valence-electron chi connectivity index (χ3n) is 3.77. The Labute approximate surface area is 115 Å². The molecular formula is C14H17BrN2O. The molecule has 2 aromatic rings. The van der Waals surface area contributed by atoms with Gasteiger partial charge in [0.15, 0.2) is 0 Å². The first kappa shape index (κ1) is 12.1. The van der Waals surface area contributed by atoms with Crippen LogP contribution in [0.15, 0.2) is 22.7 Å². The third-order valence-corrected chi connectivity index (χ3v) is 4.60. The molecule has 0 radical (unpaired) electrons. The second-order valence-corrected chi connectivity index (χ2v) is 5.56. The van der Waals surface area contributed by atoms with E-state index in [1.54, 1.807) is 7.11 Å². The van der Waals surface area contributed by atoms with Gasteiger partial charge < -0.3 is 14.6 Å². The largest absolute Gasteiger partial charge is 0.495 e. The lowest BCUT2D eigenvalue weighted by Crippen LogP contribution is -2.16. The number of aromatic nitrogens is 1. The minimum atomic E-state index is 0.446. The molecule has 3 rings (SSSR count). The number of hydrogen-bond acceptors (Lipinski definition) is 2. The summed E-state index contributed by atoms with van der Waals surface area (Å²) in [5.41, 5.74) is 2.49. The summed E-state index contributed by atoms with van der Waals surface area (Å²) in [4.78, 5) is 0. The molecule has 18 heavy (non-hydrogen) atoms. The Bertz CT molecular complexity index is 585. The molecule has 0 saturated carbocycles. The maximum atomic E-state index is 5.48. The number of nitrogens with one attached hydrogen (secondary N) is 1. The zero-order valence-electron chi connectivity index (χ0n) is 10.7. The van der Waals surface area contributed by atoms with Crippen LogP contribution in [-0.4, -0.2) is 18.2 Å². The lowest BCUT2D eigenvalue weighted by atomic mass is 10.1. The Morgan fingerprint density at radius 3 is 2.94 bits per heavy atom. The van der Waals surface area contributed by atoms with E-state index in [0.717, 1.165) is 17.8 Å². The molecule has 0 aliphatic carbocycles. The van der Waals surface area contributed by atoms with E-state index in [4.69, 9.17) is 4.74 Å². The Morgan fingerprint density at radius 2 is 2.28 bits per heavy atom. The van der Waals surface area contributed by atoms with Gasteiger partial charge in [0.1, 0.15) is 5.75 Å². The van der Waals surface area contributed by atoms with E-state index in [2.05, 4.69) is 38.9 Å². The summed E-state index contributed by atoms with van der Waals surface area (Å²) in [6.07, 6.45) is 2.45. The van der Waals surface area contributed by atoms with Crippen molar-refractivity contribution in [2.45, 2.75) is 18.9 Å². The van der Waals surface area contributed by atoms with Crippen LogP contribution >= 0.6 is 15.9 Å². The highest BCUT2D eigenvalue weighted by atomic mass is 79.9. The number of halogens is 1. The predicted molar refractivity (Wildman–Crippen MR) is 77.1 cm³/mol. The monoisotopic (exact) mass is 308 g/mol. The van der Waals surface area contributed by atoms with Gasteiger partial charge in [0.25, 0.3) is 0 Å². The fraction of sp³-hybridized carbons (Fsp3) is 0.429. The van der Waals surface area contributed by atoms with Crippen molar-refractivity contribution in [2.24, 2.45) is 7.05 Å². The van der Waals surface area contributed by atoms with Gasteiger partial charge in [0.05, 0.1) is 12.6 Å². The first-order valence-electron chi connectivity index (χ1n) is 6.28. The molecule has 1 N–H and O–H groups in total. The molecule has 0 bridgehead atoms. The van der Waals surface area contributed by atoms with Gasteiger partial charge >= 0.3 is 0 Å². The standard InChI is InChI=1S/C14H17BrN2O/c1-17-13-9(5-3-7-11(13)18-2)12(15)14(17)10-6-4-8-16-10/h3,5,7,10,16H,4,6,8H2,1-2H3. The quantitative estimate of drug-likeness (QED) is 0.920. The first-order valence-corrected chi connectivity index (χ1v) is 7.07. The Hall–Kier alpha value is -1.00. The SMILES string of the molecule is COc1cccc2c(Br)c(C3CCCN3)n(C)c12. The number of aryl methyl sites for hydroxylation is 1. The molecule has 1 fully saturated rings. The molecule has 4 heteroatoms. The van der Waals surface area contributed by atoms with Crippen molar-refractivity contribution in [3.8, 4) is 5.75 Å². The molecule has 1 aromatic carbocycles. The summed E-state index contributed by atoms with van der Waals surface area (Å²) < 4.78 is 8.92. The van der Waals surface area contributed by atoms with Crippen molar-refractivity contribution < 1.29 is 4.74 Å². The van der Waals surface area contributed by atoms with Crippen molar-refractivity contribution in [2.75, 3.05) is 13.7 Å². The van der Waals surface area contributed by atoms with Crippen LogP contribution in [0.25, 0.3) is 10.9 Å². The predicted octanol–water partition coefficient (Wildman–Crippen LogP) is 3.37. The first-order chi connectivity index (χ1) is 8.74. The summed E-state index contributed by atoms with van der Waals surface area (Å²) >= 11 is 3.76. The van der Waals surface area contributed by atoms with Crippen molar-refractivity contribution >= 4 is 26.8 Å². The van der Waals surface area contributed by atoms with E-state index in [-0.39, 0.29) is 0 Å². The molecule has 1 atom stereocenters. The average Bonchev–Trinajstić information content (AvgIpc) is 2.98. The summed E-state index contributed by atoms with van der Waals surface area (Å²) in [5.74, 6) is 0.931. The van der Waals surface area contributed by atoms with Gasteiger partial charge in [0.2, 0.25) is 0 Å². The molecule has 1 aromatic heterocycles. The Balaban J connectivity index is 2.26. The van der Waals surface area contributed by atoms with E-state index in [1.165, 1.54) is 28.4 Å². The van der Waals surface area contributed by atoms with E-state index >= 15 is 0 Å². The minimum Gasteiger partial charge on any atom is -0.495 e. The second-order valence-electron chi connectivity index (χ2n) is 4.76. The van der Waals surface area contributed by atoms with Crippen LogP contribution < -0.4 is 10.1 Å². The molecule has 96 valence electrons. The van der Waals surface area contributed by atoms with Gasteiger partial charge in [-0.05, 0) is 41.4 Å². The number of fused-ring (bicyclic) bond motifs is 1. The number of rotatable bonds is 2. The number of para-hydroxylation sites is 1. The smallest absolute Gasteiger partial charge is 0.143 e. The Kier molecular flexibility index (Phi) is 3.08. The highest BCUT2D eigenvalue weighted by Gasteiger charge is 2.25. The van der Waals surface area contributed by atoms with Crippen LogP contribution in [0.3, 0.4) is 0 Å². The molecule has 1 saturated heterocycles. The minimum absolute atomic E-state index is 0.446. The fourth-order valence-corrected chi connectivity index (χ4v) is 3.78. The normalized spacial score (nSPS) is 19.6. The van der Waals surface area contributed by atoms with Gasteiger partial charge in [-0.1, -0.05) is 12.1 Å². The second kappa shape index (κ2) is 4.59. The number of benzene rings is 1. The zero-order chi connectivity index (χ0) is 12.7. The molecule has 1 aliphatic rings. The lowest BCUT2D eigenvalue weighted by Gasteiger charge is -2.13. The molecule has 0 spiro atoms. The van der Waals surface area contributed by atoms with Gasteiger partial charge in [-0.25, -0.2) is 0 Å². The number of nitrogens with zero attached hydrogens (tertiary/aromatic N) is 1. The van der Waals surface area contributed by atoms with Gasteiger partial charge in [-0.15, -0.1) is 0 Å². The summed E-state index contributed by atoms with van der Waals surface area (Å²) in [7, 11) is 3.84. The molecule has 1 aliphatic heterocycles. The van der Waals surface area contributed by atoms with Crippen molar-refractivity contribution in [1.29, 1.82) is 0 Å². The topological polar surface area (TPSA) is 26.2 Å². The molecule has 3 nitrogen and oxygen atoms in total. The molecule has 2 heterocycles. The van der Waals surface area contributed by atoms with Crippen LogP contribution in [-0.2, 0) is 7.05 Å². The molecular weight excluding hydrogens is 292 g/mol. The maximum absolute atomic E-state index is 5.48.